The Morgan fingerprint density at radius 1 is 1.28 bits per heavy atom. The van der Waals surface area contributed by atoms with Gasteiger partial charge in [-0.2, -0.15) is 0 Å². The molecule has 1 rings (SSSR count). The second-order valence-electron chi connectivity index (χ2n) is 4.79. The lowest BCUT2D eigenvalue weighted by Crippen LogP contribution is -2.46. The van der Waals surface area contributed by atoms with Crippen LogP contribution < -0.4 is 11.5 Å². The van der Waals surface area contributed by atoms with Crippen LogP contribution in [0.1, 0.15) is 25.7 Å². The number of hydrogen-bond acceptors (Lipinski definition) is 5. The van der Waals surface area contributed by atoms with E-state index in [2.05, 4.69) is 4.90 Å². The minimum Gasteiger partial charge on any atom is -0.370 e. The Morgan fingerprint density at radius 3 is 2.61 bits per heavy atom. The highest BCUT2D eigenvalue weighted by Crippen LogP contribution is 2.15. The van der Waals surface area contributed by atoms with E-state index in [1.807, 2.05) is 0 Å². The van der Waals surface area contributed by atoms with Crippen molar-refractivity contribution >= 4 is 15.7 Å². The Bertz CT molecular complexity index is 370. The summed E-state index contributed by atoms with van der Waals surface area (Å²) in [6, 6.07) is 0.296. The lowest BCUT2D eigenvalue weighted by Gasteiger charge is -2.34. The van der Waals surface area contributed by atoms with E-state index in [4.69, 9.17) is 11.5 Å². The first kappa shape index (κ1) is 15.4. The number of nitrogens with zero attached hydrogens (tertiary/aromatic N) is 1. The number of piperidine rings is 1. The van der Waals surface area contributed by atoms with Crippen LogP contribution in [0.2, 0.25) is 0 Å². The minimum atomic E-state index is -3.19. The van der Waals surface area contributed by atoms with Crippen molar-refractivity contribution in [2.45, 2.75) is 31.7 Å². The Balaban J connectivity index is 2.40. The van der Waals surface area contributed by atoms with Gasteiger partial charge in [0, 0.05) is 25.6 Å². The van der Waals surface area contributed by atoms with Crippen molar-refractivity contribution in [3.63, 3.8) is 0 Å². The second kappa shape index (κ2) is 7.06. The van der Waals surface area contributed by atoms with E-state index in [-0.39, 0.29) is 17.9 Å². The number of rotatable bonds is 7. The zero-order chi connectivity index (χ0) is 13.6. The second-order valence-corrected chi connectivity index (χ2v) is 7.09. The van der Waals surface area contributed by atoms with E-state index in [9.17, 15) is 13.2 Å². The first-order valence-corrected chi connectivity index (χ1v) is 8.19. The van der Waals surface area contributed by atoms with E-state index >= 15 is 0 Å². The Morgan fingerprint density at radius 2 is 2.00 bits per heavy atom. The summed E-state index contributed by atoms with van der Waals surface area (Å²) in [6.07, 6.45) is 3.20. The fraction of sp³-hybridized carbons (Fsp3) is 0.909. The van der Waals surface area contributed by atoms with Crippen molar-refractivity contribution in [1.82, 2.24) is 4.90 Å². The summed E-state index contributed by atoms with van der Waals surface area (Å²) in [5, 5.41) is 0. The lowest BCUT2D eigenvalue weighted by atomic mass is 10.0. The average Bonchev–Trinajstić information content (AvgIpc) is 2.34. The number of likely N-dealkylation sites (tertiary alicyclic amines) is 1. The van der Waals surface area contributed by atoms with Crippen LogP contribution in [0.15, 0.2) is 0 Å². The summed E-state index contributed by atoms with van der Waals surface area (Å²) in [4.78, 5) is 12.7. The molecular weight excluding hydrogens is 254 g/mol. The Hall–Kier alpha value is -0.660. The molecule has 1 unspecified atom stereocenters. The van der Waals surface area contributed by atoms with Crippen molar-refractivity contribution in [3.8, 4) is 0 Å². The molecule has 0 aromatic rings. The van der Waals surface area contributed by atoms with E-state index in [0.717, 1.165) is 25.8 Å². The highest BCUT2D eigenvalue weighted by Gasteiger charge is 2.22. The van der Waals surface area contributed by atoms with Crippen LogP contribution in [-0.4, -0.2) is 56.4 Å². The van der Waals surface area contributed by atoms with Crippen LogP contribution in [0.3, 0.4) is 0 Å². The molecule has 1 fully saturated rings. The highest BCUT2D eigenvalue weighted by atomic mass is 32.2. The first-order valence-electron chi connectivity index (χ1n) is 6.37. The summed E-state index contributed by atoms with van der Waals surface area (Å²) in [6.45, 7) is 1.98. The molecule has 1 heterocycles. The third-order valence-corrected chi connectivity index (χ3v) is 5.00. The average molecular weight is 277 g/mol. The fourth-order valence-electron chi connectivity index (χ4n) is 2.24. The maximum atomic E-state index is 11.7. The molecule has 0 aliphatic carbocycles. The number of amides is 1. The van der Waals surface area contributed by atoms with Gasteiger partial charge in [0.1, 0.15) is 0 Å². The number of nitrogens with two attached hydrogens (primary N) is 2. The summed E-state index contributed by atoms with van der Waals surface area (Å²) in [5.41, 5.74) is 10.6. The molecule has 0 bridgehead atoms. The van der Waals surface area contributed by atoms with E-state index < -0.39 is 15.7 Å². The van der Waals surface area contributed by atoms with E-state index in [1.165, 1.54) is 0 Å². The quantitative estimate of drug-likeness (QED) is 0.626. The van der Waals surface area contributed by atoms with Gasteiger partial charge < -0.3 is 11.5 Å². The normalized spacial score (nSPS) is 21.9. The maximum Gasteiger partial charge on any atom is 0.218 e. The molecule has 6 nitrogen and oxygen atoms in total. The number of sulfone groups is 1. The van der Waals surface area contributed by atoms with Crippen molar-refractivity contribution in [1.29, 1.82) is 0 Å². The monoisotopic (exact) mass is 277 g/mol. The van der Waals surface area contributed by atoms with Gasteiger partial charge in [0.15, 0.2) is 9.84 Å². The minimum absolute atomic E-state index is 0.0801. The molecule has 1 aliphatic heterocycles. The maximum absolute atomic E-state index is 11.7. The molecule has 1 aliphatic rings. The van der Waals surface area contributed by atoms with Gasteiger partial charge in [-0.3, -0.25) is 9.69 Å². The summed E-state index contributed by atoms with van der Waals surface area (Å²) >= 11 is 0. The van der Waals surface area contributed by atoms with Crippen molar-refractivity contribution < 1.29 is 13.2 Å². The zero-order valence-corrected chi connectivity index (χ0v) is 11.5. The SMILES string of the molecule is NCC1CCCCN1CCS(=O)(=O)CCC(N)=O. The Kier molecular flexibility index (Phi) is 6.04. The molecule has 0 spiro atoms. The molecule has 1 atom stereocenters. The predicted molar refractivity (Wildman–Crippen MR) is 70.7 cm³/mol. The molecule has 0 aromatic carbocycles. The first-order chi connectivity index (χ1) is 8.44. The summed E-state index contributed by atoms with van der Waals surface area (Å²) < 4.78 is 23.4. The van der Waals surface area contributed by atoms with Gasteiger partial charge in [0.25, 0.3) is 0 Å². The molecule has 4 N–H and O–H groups in total. The van der Waals surface area contributed by atoms with Gasteiger partial charge in [-0.1, -0.05) is 6.42 Å². The largest absolute Gasteiger partial charge is 0.370 e. The van der Waals surface area contributed by atoms with Crippen molar-refractivity contribution in [2.24, 2.45) is 11.5 Å². The van der Waals surface area contributed by atoms with E-state index in [0.29, 0.717) is 19.1 Å². The van der Waals surface area contributed by atoms with Gasteiger partial charge in [0.05, 0.1) is 11.5 Å². The summed E-state index contributed by atoms with van der Waals surface area (Å²) in [5.74, 6) is -0.642. The van der Waals surface area contributed by atoms with Crippen LogP contribution in [0.25, 0.3) is 0 Å². The highest BCUT2D eigenvalue weighted by molar-refractivity contribution is 7.91. The standard InChI is InChI=1S/C11H23N3O3S/c12-9-10-3-1-2-5-14(10)6-8-18(16,17)7-4-11(13)15/h10H,1-9,12H2,(H2,13,15). The van der Waals surface area contributed by atoms with Crippen LogP contribution in [0, 0.1) is 0 Å². The van der Waals surface area contributed by atoms with Gasteiger partial charge in [-0.05, 0) is 19.4 Å². The number of primary amides is 1. The van der Waals surface area contributed by atoms with Gasteiger partial charge in [0.2, 0.25) is 5.91 Å². The molecular formula is C11H23N3O3S. The zero-order valence-electron chi connectivity index (χ0n) is 10.7. The molecule has 1 saturated heterocycles. The number of carbonyl (C=O) groups excluding carboxylic acids is 1. The smallest absolute Gasteiger partial charge is 0.218 e. The van der Waals surface area contributed by atoms with Crippen molar-refractivity contribution in [3.05, 3.63) is 0 Å². The molecule has 0 saturated carbocycles. The van der Waals surface area contributed by atoms with Crippen LogP contribution in [-0.2, 0) is 14.6 Å². The molecule has 1 amide bonds. The summed E-state index contributed by atoms with van der Waals surface area (Å²) in [7, 11) is -3.19. The fourth-order valence-corrected chi connectivity index (χ4v) is 3.46. The number of hydrogen-bond donors (Lipinski definition) is 2. The topological polar surface area (TPSA) is 106 Å². The van der Waals surface area contributed by atoms with Gasteiger partial charge >= 0.3 is 0 Å². The molecule has 106 valence electrons. The van der Waals surface area contributed by atoms with E-state index in [1.54, 1.807) is 0 Å². The van der Waals surface area contributed by atoms with Gasteiger partial charge in [-0.15, -0.1) is 0 Å². The van der Waals surface area contributed by atoms with Crippen LogP contribution >= 0.6 is 0 Å². The Labute approximate surface area is 109 Å². The van der Waals surface area contributed by atoms with Crippen molar-refractivity contribution in [2.75, 3.05) is 31.1 Å². The predicted octanol–water partition coefficient (Wildman–Crippen LogP) is -0.910. The third-order valence-electron chi connectivity index (χ3n) is 3.37. The van der Waals surface area contributed by atoms with Gasteiger partial charge in [-0.25, -0.2) is 8.42 Å². The lowest BCUT2D eigenvalue weighted by molar-refractivity contribution is -0.117. The third kappa shape index (κ3) is 5.32. The van der Waals surface area contributed by atoms with Crippen LogP contribution in [0.4, 0.5) is 0 Å². The molecule has 18 heavy (non-hydrogen) atoms. The molecule has 0 radical (unpaired) electrons. The number of carbonyl (C=O) groups is 1. The molecule has 0 aromatic heterocycles. The van der Waals surface area contributed by atoms with Crippen LogP contribution in [0.5, 0.6) is 0 Å². The molecule has 7 heteroatoms.